The summed E-state index contributed by atoms with van der Waals surface area (Å²) in [4.78, 5) is 20.6. The second-order valence-corrected chi connectivity index (χ2v) is 8.05. The SMILES string of the molecule is Cc1noc(C)c1-c1cnc2c(-c3ccc(C(=O)O)cc3)cn([C@H](C)c3ccccn3)c2c1. The minimum Gasteiger partial charge on any atom is -0.478 e. The fourth-order valence-electron chi connectivity index (χ4n) is 4.25. The molecule has 0 saturated carbocycles. The van der Waals surface area contributed by atoms with Gasteiger partial charge < -0.3 is 14.2 Å². The number of aromatic carboxylic acids is 1. The van der Waals surface area contributed by atoms with E-state index in [-0.39, 0.29) is 11.6 Å². The Balaban J connectivity index is 1.72. The first-order valence-electron chi connectivity index (χ1n) is 10.6. The molecule has 0 fully saturated rings. The molecule has 0 unspecified atom stereocenters. The molecule has 4 heterocycles. The lowest BCUT2D eigenvalue weighted by molar-refractivity contribution is 0.0697. The largest absolute Gasteiger partial charge is 0.478 e. The number of aromatic nitrogens is 4. The highest BCUT2D eigenvalue weighted by Gasteiger charge is 2.20. The molecule has 0 spiro atoms. The lowest BCUT2D eigenvalue weighted by Gasteiger charge is -2.15. The normalized spacial score (nSPS) is 12.2. The molecule has 5 aromatic rings. The number of nitrogens with zero attached hydrogens (tertiary/aromatic N) is 4. The van der Waals surface area contributed by atoms with Crippen molar-refractivity contribution in [3.05, 3.63) is 89.8 Å². The van der Waals surface area contributed by atoms with Crippen molar-refractivity contribution in [2.45, 2.75) is 26.8 Å². The van der Waals surface area contributed by atoms with Gasteiger partial charge in [0.15, 0.2) is 0 Å². The van der Waals surface area contributed by atoms with E-state index in [4.69, 9.17) is 9.51 Å². The number of aryl methyl sites for hydroxylation is 2. The van der Waals surface area contributed by atoms with Gasteiger partial charge in [0.05, 0.1) is 34.0 Å². The van der Waals surface area contributed by atoms with E-state index < -0.39 is 5.97 Å². The van der Waals surface area contributed by atoms with Crippen LogP contribution in [0.25, 0.3) is 33.3 Å². The Morgan fingerprint density at radius 1 is 1.06 bits per heavy atom. The molecule has 0 bridgehead atoms. The fraction of sp³-hybridized carbons (Fsp3) is 0.154. The monoisotopic (exact) mass is 438 g/mol. The van der Waals surface area contributed by atoms with Crippen LogP contribution in [0.1, 0.15) is 40.5 Å². The van der Waals surface area contributed by atoms with Gasteiger partial charge in [-0.3, -0.25) is 9.97 Å². The summed E-state index contributed by atoms with van der Waals surface area (Å²) in [6.45, 7) is 5.91. The maximum atomic E-state index is 11.3. The highest BCUT2D eigenvalue weighted by atomic mass is 16.5. The van der Waals surface area contributed by atoms with Crippen LogP contribution in [-0.2, 0) is 0 Å². The van der Waals surface area contributed by atoms with E-state index in [1.165, 1.54) is 0 Å². The highest BCUT2D eigenvalue weighted by Crippen LogP contribution is 2.36. The van der Waals surface area contributed by atoms with Crippen molar-refractivity contribution >= 4 is 17.0 Å². The summed E-state index contributed by atoms with van der Waals surface area (Å²) in [6, 6.07) is 14.8. The van der Waals surface area contributed by atoms with E-state index >= 15 is 0 Å². The lowest BCUT2D eigenvalue weighted by Crippen LogP contribution is -2.07. The van der Waals surface area contributed by atoms with Crippen LogP contribution in [0.4, 0.5) is 0 Å². The number of benzene rings is 1. The van der Waals surface area contributed by atoms with E-state index in [9.17, 15) is 9.90 Å². The molecule has 0 aliphatic carbocycles. The van der Waals surface area contributed by atoms with E-state index in [1.807, 2.05) is 50.4 Å². The van der Waals surface area contributed by atoms with Crippen LogP contribution in [0.3, 0.4) is 0 Å². The van der Waals surface area contributed by atoms with Gasteiger partial charge in [0.1, 0.15) is 5.76 Å². The van der Waals surface area contributed by atoms with E-state index in [0.29, 0.717) is 0 Å². The molecule has 7 heteroatoms. The van der Waals surface area contributed by atoms with Gasteiger partial charge >= 0.3 is 5.97 Å². The topological polar surface area (TPSA) is 94.0 Å². The second kappa shape index (κ2) is 8.02. The quantitative estimate of drug-likeness (QED) is 0.379. The predicted molar refractivity (Wildman–Crippen MR) is 125 cm³/mol. The first-order chi connectivity index (χ1) is 15.9. The minimum absolute atomic E-state index is 0.0394. The molecule has 0 saturated heterocycles. The van der Waals surface area contributed by atoms with Crippen molar-refractivity contribution in [1.82, 2.24) is 19.7 Å². The average molecular weight is 438 g/mol. The van der Waals surface area contributed by atoms with Crippen LogP contribution in [-0.4, -0.2) is 30.8 Å². The summed E-state index contributed by atoms with van der Waals surface area (Å²) < 4.78 is 7.53. The van der Waals surface area contributed by atoms with Crippen molar-refractivity contribution in [2.24, 2.45) is 0 Å². The molecule has 0 aliphatic heterocycles. The summed E-state index contributed by atoms with van der Waals surface area (Å²) in [6.07, 6.45) is 5.68. The van der Waals surface area contributed by atoms with Crippen molar-refractivity contribution in [2.75, 3.05) is 0 Å². The number of rotatable bonds is 5. The summed E-state index contributed by atoms with van der Waals surface area (Å²) in [7, 11) is 0. The molecule has 4 aromatic heterocycles. The van der Waals surface area contributed by atoms with E-state index in [1.54, 1.807) is 18.3 Å². The maximum absolute atomic E-state index is 11.3. The van der Waals surface area contributed by atoms with E-state index in [0.717, 1.165) is 50.4 Å². The first kappa shape index (κ1) is 20.6. The Morgan fingerprint density at radius 2 is 1.85 bits per heavy atom. The van der Waals surface area contributed by atoms with E-state index in [2.05, 4.69) is 33.9 Å². The lowest BCUT2D eigenvalue weighted by atomic mass is 10.0. The molecule has 0 amide bonds. The molecule has 7 nitrogen and oxygen atoms in total. The number of pyridine rings is 2. The third-order valence-corrected chi connectivity index (χ3v) is 5.97. The zero-order valence-electron chi connectivity index (χ0n) is 18.5. The van der Waals surface area contributed by atoms with Crippen LogP contribution in [0, 0.1) is 13.8 Å². The third kappa shape index (κ3) is 3.57. The smallest absolute Gasteiger partial charge is 0.335 e. The number of carboxylic acid groups (broad SMARTS) is 1. The van der Waals surface area contributed by atoms with Crippen molar-refractivity contribution in [1.29, 1.82) is 0 Å². The van der Waals surface area contributed by atoms with Crippen LogP contribution in [0.15, 0.2) is 71.6 Å². The number of fused-ring (bicyclic) bond motifs is 1. The molecule has 1 aromatic carbocycles. The van der Waals surface area contributed by atoms with Gasteiger partial charge in [-0.2, -0.15) is 0 Å². The van der Waals surface area contributed by atoms with Crippen LogP contribution in [0.5, 0.6) is 0 Å². The van der Waals surface area contributed by atoms with Crippen LogP contribution in [0.2, 0.25) is 0 Å². The van der Waals surface area contributed by atoms with Gasteiger partial charge in [0.2, 0.25) is 0 Å². The number of hydrogen-bond donors (Lipinski definition) is 1. The van der Waals surface area contributed by atoms with Crippen LogP contribution >= 0.6 is 0 Å². The number of carboxylic acids is 1. The molecule has 1 N–H and O–H groups in total. The number of carbonyl (C=O) groups is 1. The van der Waals surface area contributed by atoms with Crippen molar-refractivity contribution in [3.63, 3.8) is 0 Å². The summed E-state index contributed by atoms with van der Waals surface area (Å²) in [5.74, 6) is -0.205. The zero-order valence-corrected chi connectivity index (χ0v) is 18.5. The first-order valence-corrected chi connectivity index (χ1v) is 10.6. The Hall–Kier alpha value is -4.26. The Kier molecular flexibility index (Phi) is 5.01. The second-order valence-electron chi connectivity index (χ2n) is 8.05. The van der Waals surface area contributed by atoms with Crippen molar-refractivity contribution < 1.29 is 14.4 Å². The van der Waals surface area contributed by atoms with Crippen molar-refractivity contribution in [3.8, 4) is 22.3 Å². The van der Waals surface area contributed by atoms with Gasteiger partial charge in [-0.1, -0.05) is 23.4 Å². The number of hydrogen-bond acceptors (Lipinski definition) is 5. The molecular formula is C26H22N4O3. The molecule has 33 heavy (non-hydrogen) atoms. The summed E-state index contributed by atoms with van der Waals surface area (Å²) in [5, 5.41) is 13.3. The molecule has 164 valence electrons. The van der Waals surface area contributed by atoms with Gasteiger partial charge in [0.25, 0.3) is 0 Å². The Morgan fingerprint density at radius 3 is 2.48 bits per heavy atom. The molecule has 1 atom stereocenters. The fourth-order valence-corrected chi connectivity index (χ4v) is 4.25. The van der Waals surface area contributed by atoms with Gasteiger partial charge in [-0.25, -0.2) is 4.79 Å². The van der Waals surface area contributed by atoms with Crippen LogP contribution < -0.4 is 0 Å². The molecule has 5 rings (SSSR count). The molecule has 0 aliphatic rings. The summed E-state index contributed by atoms with van der Waals surface area (Å²) in [5.41, 5.74) is 7.47. The Bertz CT molecular complexity index is 1450. The Labute approximate surface area is 190 Å². The highest BCUT2D eigenvalue weighted by molar-refractivity contribution is 5.96. The minimum atomic E-state index is -0.949. The van der Waals surface area contributed by atoms with Gasteiger partial charge in [-0.15, -0.1) is 0 Å². The molecular weight excluding hydrogens is 416 g/mol. The molecule has 0 radical (unpaired) electrons. The standard InChI is InChI=1S/C26H22N4O3/c1-15-24(17(3)33-29-15)20-12-23-25(28-13-20)21(18-7-9-19(10-8-18)26(31)32)14-30(23)16(2)22-6-4-5-11-27-22/h4-14,16H,1-3H3,(H,31,32)/t16-/m1/s1. The zero-order chi connectivity index (χ0) is 23.1. The maximum Gasteiger partial charge on any atom is 0.335 e. The summed E-state index contributed by atoms with van der Waals surface area (Å²) >= 11 is 0. The average Bonchev–Trinajstić information content (AvgIpc) is 3.38. The van der Waals surface area contributed by atoms with Gasteiger partial charge in [-0.05, 0) is 56.7 Å². The van der Waals surface area contributed by atoms with Gasteiger partial charge in [0, 0.05) is 35.3 Å². The third-order valence-electron chi connectivity index (χ3n) is 5.97. The predicted octanol–water partition coefficient (Wildman–Crippen LogP) is 5.68.